The Bertz CT molecular complexity index is 1100. The summed E-state index contributed by atoms with van der Waals surface area (Å²) in [6, 6.07) is 10.6. The number of sulfonamides is 1. The summed E-state index contributed by atoms with van der Waals surface area (Å²) in [5.41, 5.74) is 0.577. The largest absolute Gasteiger partial charge is 0.490 e. The summed E-state index contributed by atoms with van der Waals surface area (Å²) < 4.78 is 32.0. The lowest BCUT2D eigenvalue weighted by Gasteiger charge is -2.34. The number of carbonyl (C=O) groups excluding carboxylic acids is 1. The van der Waals surface area contributed by atoms with Crippen LogP contribution in [0.15, 0.2) is 47.4 Å². The Balaban J connectivity index is 1.57. The highest BCUT2D eigenvalue weighted by Gasteiger charge is 2.31. The molecule has 0 aromatic heterocycles. The first-order chi connectivity index (χ1) is 15.2. The zero-order valence-electron chi connectivity index (χ0n) is 17.4. The standard InChI is InChI=1S/C20H23ClN4O6S/c1-31-19-6-5-17(14-18(19)25(27)28)32(29,30)24-11-9-23(10-12-24)20(26)22-8-7-15-3-2-4-16(21)13-15/h2-6,13-14H,7-12H2,1H3,(H,22,26). The second kappa shape index (κ2) is 10.2. The number of halogens is 1. The topological polar surface area (TPSA) is 122 Å². The lowest BCUT2D eigenvalue weighted by Crippen LogP contribution is -2.53. The van der Waals surface area contributed by atoms with Gasteiger partial charge in [-0.1, -0.05) is 23.7 Å². The van der Waals surface area contributed by atoms with Crippen LogP contribution in [-0.2, 0) is 16.4 Å². The third-order valence-electron chi connectivity index (χ3n) is 5.09. The third kappa shape index (κ3) is 5.47. The Morgan fingerprint density at radius 3 is 2.53 bits per heavy atom. The fourth-order valence-electron chi connectivity index (χ4n) is 3.37. The highest BCUT2D eigenvalue weighted by molar-refractivity contribution is 7.89. The maximum atomic E-state index is 12.9. The van der Waals surface area contributed by atoms with Gasteiger partial charge in [-0.05, 0) is 36.2 Å². The van der Waals surface area contributed by atoms with Crippen LogP contribution in [0, 0.1) is 10.1 Å². The maximum absolute atomic E-state index is 12.9. The van der Waals surface area contributed by atoms with E-state index in [0.29, 0.717) is 18.0 Å². The fourth-order valence-corrected chi connectivity index (χ4v) is 5.03. The Hall–Kier alpha value is -2.89. The van der Waals surface area contributed by atoms with Gasteiger partial charge >= 0.3 is 11.7 Å². The van der Waals surface area contributed by atoms with Crippen LogP contribution in [0.3, 0.4) is 0 Å². The smallest absolute Gasteiger partial charge is 0.317 e. The van der Waals surface area contributed by atoms with E-state index in [2.05, 4.69) is 5.32 Å². The number of hydrogen-bond donors (Lipinski definition) is 1. The Morgan fingerprint density at radius 2 is 1.91 bits per heavy atom. The average molecular weight is 483 g/mol. The van der Waals surface area contributed by atoms with Crippen molar-refractivity contribution in [1.29, 1.82) is 0 Å². The van der Waals surface area contributed by atoms with Gasteiger partial charge in [-0.3, -0.25) is 10.1 Å². The normalized spacial score (nSPS) is 14.8. The second-order valence-corrected chi connectivity index (χ2v) is 9.47. The number of benzene rings is 2. The van der Waals surface area contributed by atoms with E-state index in [1.54, 1.807) is 11.0 Å². The summed E-state index contributed by atoms with van der Waals surface area (Å²) in [7, 11) is -2.67. The molecule has 1 saturated heterocycles. The Morgan fingerprint density at radius 1 is 1.19 bits per heavy atom. The molecule has 1 fully saturated rings. The summed E-state index contributed by atoms with van der Waals surface area (Å²) in [5, 5.41) is 14.7. The number of hydrogen-bond acceptors (Lipinski definition) is 6. The van der Waals surface area contributed by atoms with Gasteiger partial charge in [0.1, 0.15) is 0 Å². The zero-order valence-corrected chi connectivity index (χ0v) is 18.9. The number of nitrogens with zero attached hydrogens (tertiary/aromatic N) is 3. The number of urea groups is 1. The van der Waals surface area contributed by atoms with Gasteiger partial charge in [-0.2, -0.15) is 4.31 Å². The van der Waals surface area contributed by atoms with Crippen LogP contribution in [0.25, 0.3) is 0 Å². The average Bonchev–Trinajstić information content (AvgIpc) is 2.78. The van der Waals surface area contributed by atoms with Gasteiger partial charge in [0.25, 0.3) is 0 Å². The van der Waals surface area contributed by atoms with E-state index < -0.39 is 20.6 Å². The number of nitro benzene ring substituents is 1. The van der Waals surface area contributed by atoms with Crippen LogP contribution in [0.5, 0.6) is 5.75 Å². The quantitative estimate of drug-likeness (QED) is 0.478. The van der Waals surface area contributed by atoms with Crippen LogP contribution >= 0.6 is 11.6 Å². The summed E-state index contributed by atoms with van der Waals surface area (Å²) in [6.45, 7) is 1.02. The van der Waals surface area contributed by atoms with Crippen molar-refractivity contribution < 1.29 is 22.9 Å². The fraction of sp³-hybridized carbons (Fsp3) is 0.350. The number of amides is 2. The lowest BCUT2D eigenvalue weighted by atomic mass is 10.1. The summed E-state index contributed by atoms with van der Waals surface area (Å²) in [4.78, 5) is 24.3. The Kier molecular flexibility index (Phi) is 7.54. The molecule has 0 spiro atoms. The maximum Gasteiger partial charge on any atom is 0.317 e. The predicted octanol–water partition coefficient (Wildman–Crippen LogP) is 2.52. The molecule has 2 amide bonds. The van der Waals surface area contributed by atoms with Gasteiger partial charge < -0.3 is 15.0 Å². The summed E-state index contributed by atoms with van der Waals surface area (Å²) in [5.74, 6) is -0.0202. The monoisotopic (exact) mass is 482 g/mol. The SMILES string of the molecule is COc1ccc(S(=O)(=O)N2CCN(C(=O)NCCc3cccc(Cl)c3)CC2)cc1[N+](=O)[O-]. The molecule has 2 aromatic carbocycles. The molecule has 1 heterocycles. The highest BCUT2D eigenvalue weighted by Crippen LogP contribution is 2.30. The van der Waals surface area contributed by atoms with Crippen molar-refractivity contribution in [2.24, 2.45) is 0 Å². The molecule has 2 aromatic rings. The van der Waals surface area contributed by atoms with E-state index in [9.17, 15) is 23.3 Å². The molecule has 172 valence electrons. The van der Waals surface area contributed by atoms with Crippen LogP contribution in [0.1, 0.15) is 5.56 Å². The number of piperazine rings is 1. The van der Waals surface area contributed by atoms with Crippen molar-refractivity contribution in [3.63, 3.8) is 0 Å². The number of methoxy groups -OCH3 is 1. The minimum Gasteiger partial charge on any atom is -0.490 e. The molecular weight excluding hydrogens is 460 g/mol. The van der Waals surface area contributed by atoms with E-state index >= 15 is 0 Å². The molecule has 0 unspecified atom stereocenters. The van der Waals surface area contributed by atoms with Gasteiger partial charge in [-0.25, -0.2) is 13.2 Å². The molecule has 1 N–H and O–H groups in total. The van der Waals surface area contributed by atoms with Crippen LogP contribution < -0.4 is 10.1 Å². The van der Waals surface area contributed by atoms with Crippen molar-refractivity contribution in [3.8, 4) is 5.75 Å². The lowest BCUT2D eigenvalue weighted by molar-refractivity contribution is -0.386. The molecule has 0 aliphatic carbocycles. The number of carbonyl (C=O) groups is 1. The Labute approximate surface area is 190 Å². The van der Waals surface area contributed by atoms with E-state index in [0.717, 1.165) is 11.6 Å². The van der Waals surface area contributed by atoms with Crippen molar-refractivity contribution in [3.05, 3.63) is 63.2 Å². The summed E-state index contributed by atoms with van der Waals surface area (Å²) >= 11 is 5.95. The minimum absolute atomic E-state index is 0.0202. The van der Waals surface area contributed by atoms with Crippen LogP contribution in [-0.4, -0.2) is 68.4 Å². The third-order valence-corrected chi connectivity index (χ3v) is 7.22. The molecule has 0 saturated carbocycles. The summed E-state index contributed by atoms with van der Waals surface area (Å²) in [6.07, 6.45) is 0.622. The number of rotatable bonds is 7. The first-order valence-electron chi connectivity index (χ1n) is 9.82. The van der Waals surface area contributed by atoms with Gasteiger partial charge in [0, 0.05) is 43.8 Å². The second-order valence-electron chi connectivity index (χ2n) is 7.09. The minimum atomic E-state index is -3.95. The molecule has 3 rings (SSSR count). The van der Waals surface area contributed by atoms with Crippen molar-refractivity contribution in [2.45, 2.75) is 11.3 Å². The van der Waals surface area contributed by atoms with Crippen LogP contribution in [0.4, 0.5) is 10.5 Å². The van der Waals surface area contributed by atoms with Crippen LogP contribution in [0.2, 0.25) is 5.02 Å². The number of nitro groups is 1. The van der Waals surface area contributed by atoms with Crippen molar-refractivity contribution in [1.82, 2.24) is 14.5 Å². The molecule has 0 bridgehead atoms. The van der Waals surface area contributed by atoms with Crippen molar-refractivity contribution >= 4 is 33.3 Å². The van der Waals surface area contributed by atoms with E-state index in [4.69, 9.17) is 16.3 Å². The molecule has 1 aliphatic heterocycles. The number of ether oxygens (including phenoxy) is 1. The zero-order chi connectivity index (χ0) is 23.3. The van der Waals surface area contributed by atoms with Gasteiger partial charge in [0.2, 0.25) is 10.0 Å². The molecule has 0 radical (unpaired) electrons. The molecule has 12 heteroatoms. The highest BCUT2D eigenvalue weighted by atomic mass is 35.5. The molecule has 10 nitrogen and oxygen atoms in total. The molecule has 32 heavy (non-hydrogen) atoms. The number of nitrogens with one attached hydrogen (secondary N) is 1. The van der Waals surface area contributed by atoms with Gasteiger partial charge in [0.05, 0.1) is 16.9 Å². The van der Waals surface area contributed by atoms with Gasteiger partial charge in [0.15, 0.2) is 5.75 Å². The first kappa shape index (κ1) is 23.8. The van der Waals surface area contributed by atoms with E-state index in [1.165, 1.54) is 23.5 Å². The van der Waals surface area contributed by atoms with Crippen molar-refractivity contribution in [2.75, 3.05) is 39.8 Å². The molecule has 0 atom stereocenters. The van der Waals surface area contributed by atoms with E-state index in [-0.39, 0.29) is 42.9 Å². The predicted molar refractivity (Wildman–Crippen MR) is 119 cm³/mol. The molecular formula is C20H23ClN4O6S. The van der Waals surface area contributed by atoms with E-state index in [1.807, 2.05) is 18.2 Å². The first-order valence-corrected chi connectivity index (χ1v) is 11.6. The molecule has 1 aliphatic rings. The van der Waals surface area contributed by atoms with Gasteiger partial charge in [-0.15, -0.1) is 0 Å².